The molecule has 0 radical (unpaired) electrons. The van der Waals surface area contributed by atoms with Crippen LogP contribution in [0.15, 0.2) is 24.3 Å². The number of carbonyl (C=O) groups excluding carboxylic acids is 1. The van der Waals surface area contributed by atoms with E-state index >= 15 is 0 Å². The zero-order valence-corrected chi connectivity index (χ0v) is 12.1. The van der Waals surface area contributed by atoms with Gasteiger partial charge in [-0.2, -0.15) is 0 Å². The van der Waals surface area contributed by atoms with Gasteiger partial charge in [-0.1, -0.05) is 19.1 Å². The van der Waals surface area contributed by atoms with Crippen molar-refractivity contribution in [3.05, 3.63) is 24.3 Å². The first kappa shape index (κ1) is 14.8. The molecule has 5 nitrogen and oxygen atoms in total. The summed E-state index contributed by atoms with van der Waals surface area (Å²) in [4.78, 5) is 14.2. The van der Waals surface area contributed by atoms with Crippen molar-refractivity contribution < 1.29 is 9.53 Å². The minimum Gasteiger partial charge on any atom is -0.397 e. The third-order valence-corrected chi connectivity index (χ3v) is 3.88. The fraction of sp³-hybridized carbons (Fsp3) is 0.533. The molecule has 110 valence electrons. The average molecular weight is 277 g/mol. The molecule has 1 aliphatic rings. The summed E-state index contributed by atoms with van der Waals surface area (Å²) in [6, 6.07) is 7.29. The van der Waals surface area contributed by atoms with Gasteiger partial charge in [-0.15, -0.1) is 0 Å². The van der Waals surface area contributed by atoms with Crippen molar-refractivity contribution in [2.24, 2.45) is 5.92 Å². The highest BCUT2D eigenvalue weighted by molar-refractivity contribution is 5.95. The summed E-state index contributed by atoms with van der Waals surface area (Å²) in [7, 11) is 1.73. The van der Waals surface area contributed by atoms with Gasteiger partial charge in [-0.3, -0.25) is 9.69 Å². The summed E-state index contributed by atoms with van der Waals surface area (Å²) in [6.07, 6.45) is 1.26. The number of hydrogen-bond acceptors (Lipinski definition) is 4. The standard InChI is InChI=1S/C15H23N3O2/c1-11-7-8-18(9-14(11)20-2)10-15(19)17-13-6-4-3-5-12(13)16/h3-6,11,14H,7-10,16H2,1-2H3,(H,17,19). The number of nitrogens with one attached hydrogen (secondary N) is 1. The predicted octanol–water partition coefficient (Wildman–Crippen LogP) is 1.56. The number of hydrogen-bond donors (Lipinski definition) is 2. The smallest absolute Gasteiger partial charge is 0.238 e. The Bertz CT molecular complexity index is 464. The summed E-state index contributed by atoms with van der Waals surface area (Å²) < 4.78 is 5.46. The second-order valence-electron chi connectivity index (χ2n) is 5.41. The topological polar surface area (TPSA) is 67.6 Å². The number of nitrogens with two attached hydrogens (primary N) is 1. The highest BCUT2D eigenvalue weighted by Crippen LogP contribution is 2.20. The molecule has 3 N–H and O–H groups in total. The Morgan fingerprint density at radius 1 is 1.50 bits per heavy atom. The SMILES string of the molecule is COC1CN(CC(=O)Nc2ccccc2N)CCC1C. The summed E-state index contributed by atoms with van der Waals surface area (Å²) >= 11 is 0. The van der Waals surface area contributed by atoms with Crippen LogP contribution in [0, 0.1) is 5.92 Å². The van der Waals surface area contributed by atoms with Crippen molar-refractivity contribution in [3.8, 4) is 0 Å². The third kappa shape index (κ3) is 3.71. The number of nitrogens with zero attached hydrogens (tertiary/aromatic N) is 1. The molecule has 2 unspecified atom stereocenters. The lowest BCUT2D eigenvalue weighted by Crippen LogP contribution is -2.46. The van der Waals surface area contributed by atoms with E-state index in [1.54, 1.807) is 13.2 Å². The average Bonchev–Trinajstić information content (AvgIpc) is 2.43. The van der Waals surface area contributed by atoms with Crippen molar-refractivity contribution in [2.75, 3.05) is 37.8 Å². The number of methoxy groups -OCH3 is 1. The van der Waals surface area contributed by atoms with Crippen molar-refractivity contribution in [2.45, 2.75) is 19.4 Å². The number of likely N-dealkylation sites (tertiary alicyclic amines) is 1. The molecule has 1 aliphatic heterocycles. The van der Waals surface area contributed by atoms with Crippen LogP contribution in [0.25, 0.3) is 0 Å². The van der Waals surface area contributed by atoms with Crippen LogP contribution in [0.4, 0.5) is 11.4 Å². The normalized spacial score (nSPS) is 23.5. The lowest BCUT2D eigenvalue weighted by atomic mass is 9.96. The summed E-state index contributed by atoms with van der Waals surface area (Å²) in [5.41, 5.74) is 7.07. The monoisotopic (exact) mass is 277 g/mol. The highest BCUT2D eigenvalue weighted by Gasteiger charge is 2.26. The first-order valence-electron chi connectivity index (χ1n) is 6.99. The Kier molecular flexibility index (Phi) is 4.98. The number of rotatable bonds is 4. The molecule has 0 spiro atoms. The van der Waals surface area contributed by atoms with Gasteiger partial charge < -0.3 is 15.8 Å². The first-order valence-corrected chi connectivity index (χ1v) is 6.99. The Morgan fingerprint density at radius 2 is 2.25 bits per heavy atom. The van der Waals surface area contributed by atoms with Gasteiger partial charge in [0.2, 0.25) is 5.91 Å². The van der Waals surface area contributed by atoms with Crippen LogP contribution in [-0.4, -0.2) is 43.7 Å². The Labute approximate surface area is 120 Å². The van der Waals surface area contributed by atoms with Crippen molar-refractivity contribution in [1.82, 2.24) is 4.90 Å². The molecule has 2 atom stereocenters. The molecule has 20 heavy (non-hydrogen) atoms. The summed E-state index contributed by atoms with van der Waals surface area (Å²) in [5.74, 6) is 0.511. The Morgan fingerprint density at radius 3 is 2.95 bits per heavy atom. The van der Waals surface area contributed by atoms with Crippen LogP contribution < -0.4 is 11.1 Å². The minimum atomic E-state index is -0.0349. The largest absolute Gasteiger partial charge is 0.397 e. The van der Waals surface area contributed by atoms with E-state index in [1.807, 2.05) is 18.2 Å². The van der Waals surface area contributed by atoms with Gasteiger partial charge in [0, 0.05) is 13.7 Å². The molecule has 1 amide bonds. The molecule has 0 aliphatic carbocycles. The van der Waals surface area contributed by atoms with Gasteiger partial charge in [0.15, 0.2) is 0 Å². The number of para-hydroxylation sites is 2. The van der Waals surface area contributed by atoms with Gasteiger partial charge in [0.25, 0.3) is 0 Å². The lowest BCUT2D eigenvalue weighted by molar-refractivity contribution is -0.118. The van der Waals surface area contributed by atoms with Crippen molar-refractivity contribution in [1.29, 1.82) is 0 Å². The second kappa shape index (κ2) is 6.72. The zero-order valence-electron chi connectivity index (χ0n) is 12.1. The fourth-order valence-electron chi connectivity index (χ4n) is 2.55. The molecule has 5 heteroatoms. The lowest BCUT2D eigenvalue weighted by Gasteiger charge is -2.35. The van der Waals surface area contributed by atoms with E-state index in [0.717, 1.165) is 19.5 Å². The highest BCUT2D eigenvalue weighted by atomic mass is 16.5. The van der Waals surface area contributed by atoms with Crippen LogP contribution >= 0.6 is 0 Å². The molecule has 0 aromatic heterocycles. The predicted molar refractivity (Wildman–Crippen MR) is 80.5 cm³/mol. The van der Waals surface area contributed by atoms with Gasteiger partial charge in [0.1, 0.15) is 0 Å². The van der Waals surface area contributed by atoms with E-state index in [0.29, 0.717) is 23.8 Å². The molecule has 1 fully saturated rings. The number of piperidine rings is 1. The third-order valence-electron chi connectivity index (χ3n) is 3.88. The molecule has 1 aromatic carbocycles. The molecule has 2 rings (SSSR count). The van der Waals surface area contributed by atoms with E-state index in [4.69, 9.17) is 10.5 Å². The first-order chi connectivity index (χ1) is 9.60. The number of anilines is 2. The van der Waals surface area contributed by atoms with E-state index in [9.17, 15) is 4.79 Å². The molecular formula is C15H23N3O2. The van der Waals surface area contributed by atoms with E-state index in [1.165, 1.54) is 0 Å². The fourth-order valence-corrected chi connectivity index (χ4v) is 2.55. The Hall–Kier alpha value is -1.59. The molecule has 1 heterocycles. The van der Waals surface area contributed by atoms with Crippen molar-refractivity contribution >= 4 is 17.3 Å². The molecule has 1 saturated heterocycles. The number of benzene rings is 1. The van der Waals surface area contributed by atoms with Crippen LogP contribution in [0.2, 0.25) is 0 Å². The second-order valence-corrected chi connectivity index (χ2v) is 5.41. The van der Waals surface area contributed by atoms with Crippen LogP contribution in [0.3, 0.4) is 0 Å². The van der Waals surface area contributed by atoms with Crippen LogP contribution in [0.1, 0.15) is 13.3 Å². The number of nitrogen functional groups attached to an aromatic ring is 1. The zero-order chi connectivity index (χ0) is 14.5. The maximum Gasteiger partial charge on any atom is 0.238 e. The van der Waals surface area contributed by atoms with Gasteiger partial charge >= 0.3 is 0 Å². The molecule has 1 aromatic rings. The van der Waals surface area contributed by atoms with E-state index in [2.05, 4.69) is 17.1 Å². The number of carbonyl (C=O) groups is 1. The van der Waals surface area contributed by atoms with Crippen LogP contribution in [-0.2, 0) is 9.53 Å². The van der Waals surface area contributed by atoms with E-state index in [-0.39, 0.29) is 12.0 Å². The van der Waals surface area contributed by atoms with Crippen LogP contribution in [0.5, 0.6) is 0 Å². The van der Waals surface area contributed by atoms with E-state index < -0.39 is 0 Å². The summed E-state index contributed by atoms with van der Waals surface area (Å²) in [6.45, 7) is 4.30. The number of ether oxygens (including phenoxy) is 1. The van der Waals surface area contributed by atoms with Gasteiger partial charge in [-0.25, -0.2) is 0 Å². The Balaban J connectivity index is 1.87. The van der Waals surface area contributed by atoms with Crippen molar-refractivity contribution in [3.63, 3.8) is 0 Å². The minimum absolute atomic E-state index is 0.0349. The molecular weight excluding hydrogens is 254 g/mol. The number of amides is 1. The van der Waals surface area contributed by atoms with Gasteiger partial charge in [0.05, 0.1) is 24.0 Å². The maximum atomic E-state index is 12.1. The quantitative estimate of drug-likeness (QED) is 0.820. The molecule has 0 bridgehead atoms. The summed E-state index contributed by atoms with van der Waals surface area (Å²) in [5, 5.41) is 2.86. The van der Waals surface area contributed by atoms with Gasteiger partial charge in [-0.05, 0) is 31.0 Å². The molecule has 0 saturated carbocycles. The maximum absolute atomic E-state index is 12.1.